The normalized spacial score (nSPS) is 12.0. The zero-order valence-electron chi connectivity index (χ0n) is 11.7. The lowest BCUT2D eigenvalue weighted by atomic mass is 10.0. The third-order valence-corrected chi connectivity index (χ3v) is 3.99. The molecule has 112 valence electrons. The molecular formula is C16H15BrF2O2. The highest BCUT2D eigenvalue weighted by molar-refractivity contribution is 9.09. The summed E-state index contributed by atoms with van der Waals surface area (Å²) in [5, 5.41) is 0. The molecule has 0 bridgehead atoms. The molecule has 0 aromatic heterocycles. The van der Waals surface area contributed by atoms with E-state index in [9.17, 15) is 8.78 Å². The van der Waals surface area contributed by atoms with Crippen molar-refractivity contribution in [2.75, 3.05) is 14.2 Å². The summed E-state index contributed by atoms with van der Waals surface area (Å²) in [6, 6.07) is 9.38. The van der Waals surface area contributed by atoms with Crippen LogP contribution in [0, 0.1) is 11.6 Å². The van der Waals surface area contributed by atoms with Gasteiger partial charge in [-0.1, -0.05) is 22.0 Å². The molecule has 5 heteroatoms. The highest BCUT2D eigenvalue weighted by Gasteiger charge is 2.16. The monoisotopic (exact) mass is 356 g/mol. The Balaban J connectivity index is 2.26. The van der Waals surface area contributed by atoms with Gasteiger partial charge in [0.1, 0.15) is 11.5 Å². The van der Waals surface area contributed by atoms with Crippen LogP contribution in [-0.2, 0) is 6.42 Å². The molecule has 0 saturated heterocycles. The van der Waals surface area contributed by atoms with Crippen LogP contribution in [-0.4, -0.2) is 14.2 Å². The summed E-state index contributed by atoms with van der Waals surface area (Å²) in [6.07, 6.45) is 0.501. The van der Waals surface area contributed by atoms with Crippen molar-refractivity contribution >= 4 is 15.9 Å². The average molecular weight is 357 g/mol. The SMILES string of the molecule is COc1ccc(OC)c(C(Br)Cc2ccc(F)c(F)c2)c1. The number of alkyl halides is 1. The van der Waals surface area contributed by atoms with Crippen molar-refractivity contribution in [1.82, 2.24) is 0 Å². The molecule has 0 spiro atoms. The first-order valence-corrected chi connectivity index (χ1v) is 7.26. The lowest BCUT2D eigenvalue weighted by Crippen LogP contribution is -2.00. The summed E-state index contributed by atoms with van der Waals surface area (Å²) in [6.45, 7) is 0. The summed E-state index contributed by atoms with van der Waals surface area (Å²) in [5.74, 6) is -0.269. The third kappa shape index (κ3) is 3.73. The maximum Gasteiger partial charge on any atom is 0.159 e. The lowest BCUT2D eigenvalue weighted by molar-refractivity contribution is 0.398. The van der Waals surface area contributed by atoms with Gasteiger partial charge in [0.15, 0.2) is 11.6 Å². The maximum absolute atomic E-state index is 13.3. The zero-order chi connectivity index (χ0) is 15.4. The Morgan fingerprint density at radius 1 is 1.00 bits per heavy atom. The minimum atomic E-state index is -0.844. The topological polar surface area (TPSA) is 18.5 Å². The molecule has 0 heterocycles. The van der Waals surface area contributed by atoms with Gasteiger partial charge in [-0.25, -0.2) is 8.78 Å². The van der Waals surface area contributed by atoms with Crippen molar-refractivity contribution < 1.29 is 18.3 Å². The van der Waals surface area contributed by atoms with Crippen LogP contribution in [0.15, 0.2) is 36.4 Å². The minimum absolute atomic E-state index is 0.104. The fourth-order valence-corrected chi connectivity index (χ4v) is 2.80. The van der Waals surface area contributed by atoms with Gasteiger partial charge in [0.2, 0.25) is 0 Å². The molecular weight excluding hydrogens is 342 g/mol. The van der Waals surface area contributed by atoms with E-state index < -0.39 is 11.6 Å². The maximum atomic E-state index is 13.3. The molecule has 21 heavy (non-hydrogen) atoms. The Morgan fingerprint density at radius 2 is 1.76 bits per heavy atom. The van der Waals surface area contributed by atoms with Gasteiger partial charge in [0, 0.05) is 10.4 Å². The van der Waals surface area contributed by atoms with Crippen molar-refractivity contribution in [3.8, 4) is 11.5 Å². The number of methoxy groups -OCH3 is 2. The van der Waals surface area contributed by atoms with Crippen LogP contribution < -0.4 is 9.47 Å². The van der Waals surface area contributed by atoms with E-state index in [2.05, 4.69) is 15.9 Å². The summed E-state index contributed by atoms with van der Waals surface area (Å²) in [5.41, 5.74) is 1.59. The molecule has 2 aromatic carbocycles. The third-order valence-electron chi connectivity index (χ3n) is 3.17. The van der Waals surface area contributed by atoms with Gasteiger partial charge >= 0.3 is 0 Å². The van der Waals surface area contributed by atoms with Crippen molar-refractivity contribution in [2.24, 2.45) is 0 Å². The van der Waals surface area contributed by atoms with Crippen molar-refractivity contribution in [2.45, 2.75) is 11.2 Å². The van der Waals surface area contributed by atoms with E-state index >= 15 is 0 Å². The second-order valence-electron chi connectivity index (χ2n) is 4.53. The number of benzene rings is 2. The molecule has 0 aliphatic carbocycles. The van der Waals surface area contributed by atoms with E-state index in [0.29, 0.717) is 23.5 Å². The molecule has 0 fully saturated rings. The van der Waals surface area contributed by atoms with Crippen molar-refractivity contribution in [3.63, 3.8) is 0 Å². The lowest BCUT2D eigenvalue weighted by Gasteiger charge is -2.15. The first kappa shape index (κ1) is 15.8. The van der Waals surface area contributed by atoms with Gasteiger partial charge in [0.05, 0.1) is 14.2 Å². The number of ether oxygens (including phenoxy) is 2. The molecule has 2 aromatic rings. The second-order valence-corrected chi connectivity index (χ2v) is 5.63. The predicted octanol–water partition coefficient (Wildman–Crippen LogP) is 4.66. The highest BCUT2D eigenvalue weighted by atomic mass is 79.9. The summed E-state index contributed by atoms with van der Waals surface area (Å²) >= 11 is 3.57. The van der Waals surface area contributed by atoms with E-state index in [1.54, 1.807) is 26.4 Å². The van der Waals surface area contributed by atoms with E-state index in [1.807, 2.05) is 12.1 Å². The Hall–Kier alpha value is -1.62. The average Bonchev–Trinajstić information content (AvgIpc) is 2.50. The van der Waals surface area contributed by atoms with Gasteiger partial charge in [-0.05, 0) is 42.3 Å². The fraction of sp³-hybridized carbons (Fsp3) is 0.250. The quantitative estimate of drug-likeness (QED) is 0.725. The van der Waals surface area contributed by atoms with E-state index in [-0.39, 0.29) is 4.83 Å². The molecule has 0 aliphatic rings. The van der Waals surface area contributed by atoms with E-state index in [1.165, 1.54) is 6.07 Å². The smallest absolute Gasteiger partial charge is 0.159 e. The second kappa shape index (κ2) is 6.89. The minimum Gasteiger partial charge on any atom is -0.497 e. The van der Waals surface area contributed by atoms with Gasteiger partial charge in [-0.3, -0.25) is 0 Å². The Bertz CT molecular complexity index is 632. The summed E-state index contributed by atoms with van der Waals surface area (Å²) in [4.78, 5) is -0.104. The van der Waals surface area contributed by atoms with Crippen LogP contribution >= 0.6 is 15.9 Å². The fourth-order valence-electron chi connectivity index (χ4n) is 2.07. The Morgan fingerprint density at radius 3 is 2.38 bits per heavy atom. The van der Waals surface area contributed by atoms with Crippen molar-refractivity contribution in [1.29, 1.82) is 0 Å². The highest BCUT2D eigenvalue weighted by Crippen LogP contribution is 2.36. The van der Waals surface area contributed by atoms with E-state index in [0.717, 1.165) is 11.6 Å². The molecule has 0 aliphatic heterocycles. The van der Waals surface area contributed by atoms with Gasteiger partial charge in [0.25, 0.3) is 0 Å². The Kier molecular flexibility index (Phi) is 5.17. The predicted molar refractivity (Wildman–Crippen MR) is 81.3 cm³/mol. The first-order chi connectivity index (χ1) is 10.0. The van der Waals surface area contributed by atoms with Crippen LogP contribution in [0.4, 0.5) is 8.78 Å². The summed E-state index contributed by atoms with van der Waals surface area (Å²) < 4.78 is 36.7. The zero-order valence-corrected chi connectivity index (χ0v) is 13.3. The molecule has 0 N–H and O–H groups in total. The van der Waals surface area contributed by atoms with Crippen LogP contribution in [0.1, 0.15) is 16.0 Å². The molecule has 2 rings (SSSR count). The standard InChI is InChI=1S/C16H15BrF2O2/c1-20-11-4-6-16(21-2)12(9-11)13(17)7-10-3-5-14(18)15(19)8-10/h3-6,8-9,13H,7H2,1-2H3. The largest absolute Gasteiger partial charge is 0.497 e. The molecule has 1 atom stereocenters. The number of rotatable bonds is 5. The number of hydrogen-bond donors (Lipinski definition) is 0. The van der Waals surface area contributed by atoms with Crippen LogP contribution in [0.25, 0.3) is 0 Å². The molecule has 0 saturated carbocycles. The first-order valence-electron chi connectivity index (χ1n) is 6.35. The summed E-state index contributed by atoms with van der Waals surface area (Å²) in [7, 11) is 3.17. The molecule has 0 amide bonds. The van der Waals surface area contributed by atoms with Crippen LogP contribution in [0.5, 0.6) is 11.5 Å². The van der Waals surface area contributed by atoms with Gasteiger partial charge in [-0.2, -0.15) is 0 Å². The molecule has 0 radical (unpaired) electrons. The molecule has 2 nitrogen and oxygen atoms in total. The number of halogens is 3. The van der Waals surface area contributed by atoms with Gasteiger partial charge < -0.3 is 9.47 Å². The van der Waals surface area contributed by atoms with Crippen LogP contribution in [0.2, 0.25) is 0 Å². The molecule has 1 unspecified atom stereocenters. The Labute approximate surface area is 130 Å². The van der Waals surface area contributed by atoms with Crippen LogP contribution in [0.3, 0.4) is 0 Å². The van der Waals surface area contributed by atoms with E-state index in [4.69, 9.17) is 9.47 Å². The van der Waals surface area contributed by atoms with Gasteiger partial charge in [-0.15, -0.1) is 0 Å². The van der Waals surface area contributed by atoms with Crippen molar-refractivity contribution in [3.05, 3.63) is 59.2 Å². The number of hydrogen-bond acceptors (Lipinski definition) is 2.